The molecule has 6 heteroatoms. The molecule has 0 aliphatic carbocycles. The van der Waals surface area contributed by atoms with E-state index in [2.05, 4.69) is 0 Å². The average molecular weight is 177 g/mol. The van der Waals surface area contributed by atoms with E-state index in [1.807, 2.05) is 0 Å². The van der Waals surface area contributed by atoms with Crippen LogP contribution in [0.2, 0.25) is 0 Å². The maximum Gasteiger partial charge on any atom is 1.00 e. The van der Waals surface area contributed by atoms with E-state index in [1.54, 1.807) is 0 Å². The van der Waals surface area contributed by atoms with Crippen LogP contribution in [-0.4, -0.2) is 24.8 Å². The van der Waals surface area contributed by atoms with E-state index in [1.165, 1.54) is 6.92 Å². The van der Waals surface area contributed by atoms with Crippen molar-refractivity contribution in [1.29, 1.82) is 0 Å². The Balaban J connectivity index is 0. The molecule has 0 heterocycles. The number of hydrogen-bond acceptors (Lipinski definition) is 4. The molecule has 1 unspecified atom stereocenters. The van der Waals surface area contributed by atoms with Gasteiger partial charge in [-0.3, -0.25) is 0 Å². The number of hydrogen-bond donors (Lipinski definition) is 1. The molecule has 0 aliphatic heterocycles. The summed E-state index contributed by atoms with van der Waals surface area (Å²) in [5.74, 6) is 0. The first-order valence-corrected chi connectivity index (χ1v) is 3.60. The number of nitrogens with two attached hydrogens (primary N) is 1. The van der Waals surface area contributed by atoms with Gasteiger partial charge >= 0.3 is 51.4 Å². The van der Waals surface area contributed by atoms with Crippen molar-refractivity contribution in [2.75, 3.05) is 6.54 Å². The predicted molar refractivity (Wildman–Crippen MR) is 28.2 cm³/mol. The minimum absolute atomic E-state index is 0. The summed E-state index contributed by atoms with van der Waals surface area (Å²) < 4.78 is 29.8. The van der Waals surface area contributed by atoms with Gasteiger partial charge < -0.3 is 10.3 Å². The van der Waals surface area contributed by atoms with Crippen LogP contribution in [0.15, 0.2) is 0 Å². The first-order valence-electron chi connectivity index (χ1n) is 2.13. The van der Waals surface area contributed by atoms with Crippen molar-refractivity contribution in [1.82, 2.24) is 0 Å². The molecule has 0 fully saturated rings. The molecular weight excluding hydrogens is 169 g/mol. The predicted octanol–water partition coefficient (Wildman–Crippen LogP) is -4.12. The standard InChI is InChI=1S/C3H9NO3S.K/c1-3(2-4)8(5,6)7;/h3H,2,4H2,1H3,(H,5,6,7);/q;+1/p-1. The third-order valence-corrected chi connectivity index (χ3v) is 2.00. The van der Waals surface area contributed by atoms with Crippen molar-refractivity contribution in [3.05, 3.63) is 0 Å². The molecule has 0 saturated heterocycles. The summed E-state index contributed by atoms with van der Waals surface area (Å²) in [6, 6.07) is 0. The molecule has 2 N–H and O–H groups in total. The zero-order valence-corrected chi connectivity index (χ0v) is 9.43. The van der Waals surface area contributed by atoms with E-state index in [-0.39, 0.29) is 57.9 Å². The van der Waals surface area contributed by atoms with Crippen LogP contribution in [-0.2, 0) is 10.1 Å². The molecule has 0 spiro atoms. The quantitative estimate of drug-likeness (QED) is 0.343. The van der Waals surface area contributed by atoms with Crippen LogP contribution >= 0.6 is 0 Å². The first-order chi connectivity index (χ1) is 3.48. The van der Waals surface area contributed by atoms with Crippen molar-refractivity contribution in [2.45, 2.75) is 12.2 Å². The maximum absolute atomic E-state index is 9.93. The van der Waals surface area contributed by atoms with Crippen LogP contribution in [0.1, 0.15) is 6.92 Å². The molecule has 0 bridgehead atoms. The van der Waals surface area contributed by atoms with Crippen LogP contribution in [0.4, 0.5) is 0 Å². The molecule has 0 rings (SSSR count). The molecule has 0 aromatic carbocycles. The van der Waals surface area contributed by atoms with Crippen molar-refractivity contribution in [3.63, 3.8) is 0 Å². The first kappa shape index (κ1) is 13.1. The molecular formula is C3H8KNO3S. The Bertz CT molecular complexity index is 154. The third-order valence-electron chi connectivity index (χ3n) is 0.825. The molecule has 0 saturated carbocycles. The zero-order chi connectivity index (χ0) is 6.78. The summed E-state index contributed by atoms with van der Waals surface area (Å²) in [6.45, 7) is 1.17. The molecule has 9 heavy (non-hydrogen) atoms. The molecule has 50 valence electrons. The smallest absolute Gasteiger partial charge is 0.748 e. The molecule has 0 amide bonds. The summed E-state index contributed by atoms with van der Waals surface area (Å²) in [4.78, 5) is 0. The van der Waals surface area contributed by atoms with Crippen LogP contribution in [0.5, 0.6) is 0 Å². The van der Waals surface area contributed by atoms with Gasteiger partial charge in [0.25, 0.3) is 0 Å². The molecule has 0 radical (unpaired) electrons. The summed E-state index contributed by atoms with van der Waals surface area (Å²) >= 11 is 0. The fourth-order valence-corrected chi connectivity index (χ4v) is 0.354. The Labute approximate surface area is 97.4 Å². The fraction of sp³-hybridized carbons (Fsp3) is 1.00. The van der Waals surface area contributed by atoms with E-state index >= 15 is 0 Å². The van der Waals surface area contributed by atoms with Gasteiger partial charge in [0.15, 0.2) is 0 Å². The van der Waals surface area contributed by atoms with Gasteiger partial charge in [0.05, 0.1) is 15.4 Å². The second-order valence-corrected chi connectivity index (χ2v) is 3.33. The Kier molecular flexibility index (Phi) is 7.57. The van der Waals surface area contributed by atoms with Gasteiger partial charge in [-0.1, -0.05) is 0 Å². The van der Waals surface area contributed by atoms with Crippen LogP contribution < -0.4 is 57.1 Å². The van der Waals surface area contributed by atoms with Gasteiger partial charge in [-0.15, -0.1) is 0 Å². The van der Waals surface area contributed by atoms with E-state index < -0.39 is 15.4 Å². The largest absolute Gasteiger partial charge is 1.00 e. The van der Waals surface area contributed by atoms with Gasteiger partial charge in [0, 0.05) is 6.54 Å². The van der Waals surface area contributed by atoms with Crippen molar-refractivity contribution < 1.29 is 64.4 Å². The summed E-state index contributed by atoms with van der Waals surface area (Å²) in [7, 11) is -4.13. The molecule has 0 aromatic rings. The van der Waals surface area contributed by atoms with E-state index in [0.29, 0.717) is 0 Å². The van der Waals surface area contributed by atoms with E-state index in [4.69, 9.17) is 5.73 Å². The topological polar surface area (TPSA) is 83.2 Å². The Morgan fingerprint density at radius 3 is 2.00 bits per heavy atom. The molecule has 0 aromatic heterocycles. The fourth-order valence-electron chi connectivity index (χ4n) is 0.118. The second kappa shape index (κ2) is 5.20. The summed E-state index contributed by atoms with van der Waals surface area (Å²) in [5.41, 5.74) is 4.88. The Morgan fingerprint density at radius 2 is 2.00 bits per heavy atom. The monoisotopic (exact) mass is 177 g/mol. The van der Waals surface area contributed by atoms with Crippen LogP contribution in [0.3, 0.4) is 0 Å². The van der Waals surface area contributed by atoms with E-state index in [9.17, 15) is 13.0 Å². The Hall–Kier alpha value is 1.51. The van der Waals surface area contributed by atoms with Gasteiger partial charge in [0.2, 0.25) is 0 Å². The summed E-state index contributed by atoms with van der Waals surface area (Å²) in [6.07, 6.45) is 0. The molecule has 1 atom stereocenters. The van der Waals surface area contributed by atoms with Crippen molar-refractivity contribution in [2.24, 2.45) is 5.73 Å². The van der Waals surface area contributed by atoms with Crippen LogP contribution in [0, 0.1) is 0 Å². The average Bonchev–Trinajstić information content (AvgIpc) is 1.62. The third kappa shape index (κ3) is 5.93. The maximum atomic E-state index is 9.93. The number of rotatable bonds is 2. The molecule has 0 aliphatic rings. The summed E-state index contributed by atoms with van der Waals surface area (Å²) in [5, 5.41) is -0.956. The second-order valence-electron chi connectivity index (χ2n) is 1.54. The molecule has 4 nitrogen and oxygen atoms in total. The SMILES string of the molecule is CC(CN)S(=O)(=O)[O-].[K+]. The van der Waals surface area contributed by atoms with Gasteiger partial charge in [-0.2, -0.15) is 0 Å². The zero-order valence-electron chi connectivity index (χ0n) is 5.49. The van der Waals surface area contributed by atoms with Gasteiger partial charge in [-0.25, -0.2) is 8.42 Å². The van der Waals surface area contributed by atoms with Gasteiger partial charge in [-0.05, 0) is 6.92 Å². The minimum atomic E-state index is -4.13. The van der Waals surface area contributed by atoms with Crippen molar-refractivity contribution in [3.8, 4) is 0 Å². The van der Waals surface area contributed by atoms with E-state index in [0.717, 1.165) is 0 Å². The minimum Gasteiger partial charge on any atom is -0.748 e. The van der Waals surface area contributed by atoms with Gasteiger partial charge in [0.1, 0.15) is 0 Å². The van der Waals surface area contributed by atoms with Crippen molar-refractivity contribution >= 4 is 10.1 Å². The normalized spacial score (nSPS) is 14.1. The Morgan fingerprint density at radius 1 is 1.67 bits per heavy atom. The van der Waals surface area contributed by atoms with Crippen LogP contribution in [0.25, 0.3) is 0 Å².